The molecule has 138 valence electrons. The first-order valence-electron chi connectivity index (χ1n) is 8.99. The van der Waals surface area contributed by atoms with Crippen LogP contribution in [0, 0.1) is 11.8 Å². The maximum atomic E-state index is 11.5. The second-order valence-electron chi connectivity index (χ2n) is 7.14. The lowest BCUT2D eigenvalue weighted by atomic mass is 9.75. The first-order chi connectivity index (χ1) is 11.5. The molecular weight excluding hydrogens is 310 g/mol. The van der Waals surface area contributed by atoms with Gasteiger partial charge in [0, 0.05) is 6.04 Å². The van der Waals surface area contributed by atoms with E-state index in [-0.39, 0.29) is 18.2 Å². The summed E-state index contributed by atoms with van der Waals surface area (Å²) < 4.78 is 9.34. The molecule has 2 fully saturated rings. The van der Waals surface area contributed by atoms with Crippen molar-refractivity contribution in [1.82, 2.24) is 10.3 Å². The van der Waals surface area contributed by atoms with Crippen molar-refractivity contribution in [2.45, 2.75) is 69.9 Å². The van der Waals surface area contributed by atoms with Crippen LogP contribution in [0.15, 0.2) is 0 Å². The van der Waals surface area contributed by atoms with Crippen molar-refractivity contribution < 1.29 is 19.1 Å². The highest BCUT2D eigenvalue weighted by molar-refractivity contribution is 5.67. The SMILES string of the molecule is COC(=O)NC1CCC(CC2CCC(N(N)C(=O)OC)CC2)CC1. The average Bonchev–Trinajstić information content (AvgIpc) is 2.62. The predicted molar refractivity (Wildman–Crippen MR) is 90.1 cm³/mol. The highest BCUT2D eigenvalue weighted by Gasteiger charge is 2.30. The zero-order valence-electron chi connectivity index (χ0n) is 14.8. The summed E-state index contributed by atoms with van der Waals surface area (Å²) in [4.78, 5) is 22.7. The highest BCUT2D eigenvalue weighted by Crippen LogP contribution is 2.36. The van der Waals surface area contributed by atoms with E-state index in [2.05, 4.69) is 14.8 Å². The van der Waals surface area contributed by atoms with Gasteiger partial charge in [-0.25, -0.2) is 20.4 Å². The molecule has 2 aliphatic carbocycles. The Morgan fingerprint density at radius 1 is 0.958 bits per heavy atom. The van der Waals surface area contributed by atoms with Crippen LogP contribution in [0.3, 0.4) is 0 Å². The van der Waals surface area contributed by atoms with Gasteiger partial charge in [0.1, 0.15) is 0 Å². The molecule has 7 nitrogen and oxygen atoms in total. The lowest BCUT2D eigenvalue weighted by Crippen LogP contribution is -2.47. The number of hydrazine groups is 1. The normalized spacial score (nSPS) is 30.3. The number of alkyl carbamates (subject to hydrolysis) is 1. The number of hydrogen-bond acceptors (Lipinski definition) is 5. The summed E-state index contributed by atoms with van der Waals surface area (Å²) in [6.07, 6.45) is 9.03. The van der Waals surface area contributed by atoms with E-state index < -0.39 is 6.09 Å². The Bertz CT molecular complexity index is 416. The summed E-state index contributed by atoms with van der Waals surface area (Å²) in [5.74, 6) is 7.28. The van der Waals surface area contributed by atoms with Gasteiger partial charge in [-0.1, -0.05) is 0 Å². The minimum Gasteiger partial charge on any atom is -0.453 e. The van der Waals surface area contributed by atoms with E-state index in [9.17, 15) is 9.59 Å². The molecule has 24 heavy (non-hydrogen) atoms. The fourth-order valence-electron chi connectivity index (χ4n) is 4.15. The molecule has 0 radical (unpaired) electrons. The zero-order valence-corrected chi connectivity index (χ0v) is 14.8. The minimum atomic E-state index is -0.449. The lowest BCUT2D eigenvalue weighted by molar-refractivity contribution is 0.0843. The van der Waals surface area contributed by atoms with Crippen molar-refractivity contribution in [2.24, 2.45) is 17.7 Å². The number of nitrogens with one attached hydrogen (secondary N) is 1. The maximum absolute atomic E-state index is 11.5. The number of ether oxygens (including phenoxy) is 2. The molecule has 2 amide bonds. The van der Waals surface area contributed by atoms with Crippen LogP contribution in [0.1, 0.15) is 57.8 Å². The number of nitrogens with zero attached hydrogens (tertiary/aromatic N) is 1. The third-order valence-corrected chi connectivity index (χ3v) is 5.62. The Morgan fingerprint density at radius 3 is 2.00 bits per heavy atom. The van der Waals surface area contributed by atoms with Crippen LogP contribution in [0.4, 0.5) is 9.59 Å². The molecule has 0 unspecified atom stereocenters. The Balaban J connectivity index is 1.66. The van der Waals surface area contributed by atoms with E-state index >= 15 is 0 Å². The Labute approximate surface area is 144 Å². The topological polar surface area (TPSA) is 93.9 Å². The Kier molecular flexibility index (Phi) is 7.15. The van der Waals surface area contributed by atoms with Gasteiger partial charge in [0.2, 0.25) is 0 Å². The first-order valence-corrected chi connectivity index (χ1v) is 8.99. The van der Waals surface area contributed by atoms with Gasteiger partial charge < -0.3 is 14.8 Å². The molecule has 2 saturated carbocycles. The summed E-state index contributed by atoms with van der Waals surface area (Å²) in [7, 11) is 2.76. The smallest absolute Gasteiger partial charge is 0.424 e. The van der Waals surface area contributed by atoms with Crippen LogP contribution in [0.5, 0.6) is 0 Å². The zero-order chi connectivity index (χ0) is 17.5. The number of carbonyl (C=O) groups excluding carboxylic acids is 2. The van der Waals surface area contributed by atoms with Crippen LogP contribution in [-0.2, 0) is 9.47 Å². The molecule has 2 rings (SSSR count). The molecular formula is C17H31N3O4. The van der Waals surface area contributed by atoms with Crippen molar-refractivity contribution in [3.8, 4) is 0 Å². The molecule has 0 aromatic heterocycles. The number of nitrogens with two attached hydrogens (primary N) is 1. The minimum absolute atomic E-state index is 0.105. The van der Waals surface area contributed by atoms with Gasteiger partial charge in [-0.3, -0.25) is 0 Å². The predicted octanol–water partition coefficient (Wildman–Crippen LogP) is 2.79. The molecule has 0 saturated heterocycles. The fraction of sp³-hybridized carbons (Fsp3) is 0.882. The van der Waals surface area contributed by atoms with Gasteiger partial charge >= 0.3 is 12.2 Å². The van der Waals surface area contributed by atoms with Crippen molar-refractivity contribution in [1.29, 1.82) is 0 Å². The molecule has 0 bridgehead atoms. The van der Waals surface area contributed by atoms with Crippen LogP contribution < -0.4 is 11.2 Å². The summed E-state index contributed by atoms with van der Waals surface area (Å²) in [5.41, 5.74) is 0. The summed E-state index contributed by atoms with van der Waals surface area (Å²) in [6, 6.07) is 0.365. The second kappa shape index (κ2) is 9.11. The number of amides is 2. The molecule has 0 aliphatic heterocycles. The first kappa shape index (κ1) is 18.8. The highest BCUT2D eigenvalue weighted by atomic mass is 16.5. The van der Waals surface area contributed by atoms with Gasteiger partial charge in [-0.05, 0) is 69.6 Å². The van der Waals surface area contributed by atoms with Crippen LogP contribution in [-0.4, -0.2) is 43.5 Å². The monoisotopic (exact) mass is 341 g/mol. The van der Waals surface area contributed by atoms with Crippen LogP contribution in [0.2, 0.25) is 0 Å². The van der Waals surface area contributed by atoms with Gasteiger partial charge in [0.25, 0.3) is 0 Å². The Hall–Kier alpha value is -1.50. The summed E-state index contributed by atoms with van der Waals surface area (Å²) >= 11 is 0. The second-order valence-corrected chi connectivity index (χ2v) is 7.14. The molecule has 0 aromatic rings. The Morgan fingerprint density at radius 2 is 1.50 bits per heavy atom. The standard InChI is InChI=1S/C17H31N3O4/c1-23-16(21)19-14-7-3-12(4-8-14)11-13-5-9-15(10-6-13)20(18)17(22)24-2/h12-15H,3-11,18H2,1-2H3,(H,19,21). The summed E-state index contributed by atoms with van der Waals surface area (Å²) in [5, 5.41) is 4.15. The van der Waals surface area contributed by atoms with Gasteiger partial charge in [0.15, 0.2) is 0 Å². The van der Waals surface area contributed by atoms with E-state index in [4.69, 9.17) is 5.84 Å². The number of rotatable bonds is 4. The third-order valence-electron chi connectivity index (χ3n) is 5.62. The maximum Gasteiger partial charge on any atom is 0.424 e. The molecule has 7 heteroatoms. The number of methoxy groups -OCH3 is 2. The van der Waals surface area contributed by atoms with E-state index in [1.807, 2.05) is 0 Å². The average molecular weight is 341 g/mol. The van der Waals surface area contributed by atoms with E-state index in [1.165, 1.54) is 38.5 Å². The molecule has 2 aliphatic rings. The molecule has 0 heterocycles. The molecule has 0 atom stereocenters. The summed E-state index contributed by atoms with van der Waals surface area (Å²) in [6.45, 7) is 0. The van der Waals surface area contributed by atoms with Gasteiger partial charge in [0.05, 0.1) is 20.3 Å². The van der Waals surface area contributed by atoms with Crippen molar-refractivity contribution in [3.63, 3.8) is 0 Å². The van der Waals surface area contributed by atoms with Crippen LogP contribution >= 0.6 is 0 Å². The largest absolute Gasteiger partial charge is 0.453 e. The van der Waals surface area contributed by atoms with E-state index in [0.717, 1.165) is 50.4 Å². The number of carbonyl (C=O) groups is 2. The molecule has 0 spiro atoms. The van der Waals surface area contributed by atoms with Gasteiger partial charge in [-0.2, -0.15) is 0 Å². The third kappa shape index (κ3) is 5.26. The quantitative estimate of drug-likeness (QED) is 0.466. The number of hydrogen-bond donors (Lipinski definition) is 2. The van der Waals surface area contributed by atoms with Crippen molar-refractivity contribution >= 4 is 12.2 Å². The van der Waals surface area contributed by atoms with E-state index in [1.54, 1.807) is 0 Å². The van der Waals surface area contributed by atoms with Gasteiger partial charge in [-0.15, -0.1) is 0 Å². The van der Waals surface area contributed by atoms with Crippen LogP contribution in [0.25, 0.3) is 0 Å². The van der Waals surface area contributed by atoms with Crippen molar-refractivity contribution in [2.75, 3.05) is 14.2 Å². The molecule has 0 aromatic carbocycles. The lowest BCUT2D eigenvalue weighted by Gasteiger charge is -2.36. The van der Waals surface area contributed by atoms with Crippen molar-refractivity contribution in [3.05, 3.63) is 0 Å². The fourth-order valence-corrected chi connectivity index (χ4v) is 4.15. The molecule has 3 N–H and O–H groups in total. The van der Waals surface area contributed by atoms with E-state index in [0.29, 0.717) is 0 Å².